The Kier molecular flexibility index (Phi) is 4.89. The first-order chi connectivity index (χ1) is 12.8. The van der Waals surface area contributed by atoms with Crippen molar-refractivity contribution in [1.29, 1.82) is 0 Å². The summed E-state index contributed by atoms with van der Waals surface area (Å²) in [5.41, 5.74) is -1.51. The molecule has 140 valence electrons. The van der Waals surface area contributed by atoms with Gasteiger partial charge in [0.05, 0.1) is 24.5 Å². The number of hydrogen-bond donors (Lipinski definition) is 1. The molecule has 3 rings (SSSR count). The van der Waals surface area contributed by atoms with Crippen LogP contribution >= 0.6 is 0 Å². The molecular weight excluding hydrogens is 365 g/mol. The third kappa shape index (κ3) is 3.38. The van der Waals surface area contributed by atoms with Gasteiger partial charge in [0.15, 0.2) is 17.5 Å². The zero-order valence-corrected chi connectivity index (χ0v) is 14.0. The highest BCUT2D eigenvalue weighted by molar-refractivity contribution is 5.84. The van der Waals surface area contributed by atoms with Gasteiger partial charge in [0.1, 0.15) is 11.3 Å². The van der Waals surface area contributed by atoms with Crippen molar-refractivity contribution in [1.82, 2.24) is 0 Å². The molecule has 5 nitrogen and oxygen atoms in total. The Bertz CT molecular complexity index is 1070. The molecule has 0 aliphatic heterocycles. The summed E-state index contributed by atoms with van der Waals surface area (Å²) in [6.07, 6.45) is -0.530. The minimum absolute atomic E-state index is 0.0945. The zero-order valence-electron chi connectivity index (χ0n) is 14.0. The normalized spacial score (nSPS) is 12.1. The van der Waals surface area contributed by atoms with Crippen LogP contribution in [0.4, 0.5) is 13.2 Å². The smallest absolute Gasteiger partial charge is 0.343 e. The number of esters is 1. The highest BCUT2D eigenvalue weighted by Crippen LogP contribution is 2.37. The Balaban J connectivity index is 2.28. The lowest BCUT2D eigenvalue weighted by atomic mass is 9.88. The van der Waals surface area contributed by atoms with Gasteiger partial charge in [-0.05, 0) is 29.8 Å². The summed E-state index contributed by atoms with van der Waals surface area (Å²) in [5.74, 6) is -7.31. The molecule has 1 heterocycles. The number of ether oxygens (including phenoxy) is 1. The van der Waals surface area contributed by atoms with Crippen molar-refractivity contribution >= 4 is 16.9 Å². The monoisotopic (exact) mass is 378 g/mol. The molecule has 0 saturated heterocycles. The number of carbonyl (C=O) groups excluding carboxylic acids is 1. The van der Waals surface area contributed by atoms with E-state index in [1.54, 1.807) is 12.1 Å². The average molecular weight is 378 g/mol. The topological polar surface area (TPSA) is 76.7 Å². The predicted molar refractivity (Wildman–Crippen MR) is 88.9 cm³/mol. The van der Waals surface area contributed by atoms with Gasteiger partial charge in [0.2, 0.25) is 0 Å². The minimum atomic E-state index is -1.69. The molecule has 0 fully saturated rings. The Morgan fingerprint density at radius 3 is 2.44 bits per heavy atom. The first-order valence-electron chi connectivity index (χ1n) is 7.79. The maximum atomic E-state index is 13.7. The summed E-state index contributed by atoms with van der Waals surface area (Å²) in [6.45, 7) is 0. The van der Waals surface area contributed by atoms with E-state index >= 15 is 0 Å². The largest absolute Gasteiger partial charge is 0.507 e. The lowest BCUT2D eigenvalue weighted by molar-refractivity contribution is -0.140. The van der Waals surface area contributed by atoms with E-state index in [0.29, 0.717) is 12.1 Å². The SMILES string of the molecule is COC(=O)C[C@H](c1cc(F)c(F)c(F)c1)c1c(O)c2ccccc2oc1=O. The molecular formula is C19H13F3O5. The molecule has 8 heteroatoms. The van der Waals surface area contributed by atoms with Crippen LogP contribution in [0, 0.1) is 17.5 Å². The van der Waals surface area contributed by atoms with Gasteiger partial charge in [0.25, 0.3) is 0 Å². The number of hydrogen-bond acceptors (Lipinski definition) is 5. The third-order valence-electron chi connectivity index (χ3n) is 4.18. The fourth-order valence-electron chi connectivity index (χ4n) is 2.87. The van der Waals surface area contributed by atoms with Crippen LogP contribution in [0.3, 0.4) is 0 Å². The molecule has 0 bridgehead atoms. The molecule has 0 amide bonds. The van der Waals surface area contributed by atoms with E-state index in [2.05, 4.69) is 4.74 Å². The molecule has 27 heavy (non-hydrogen) atoms. The van der Waals surface area contributed by atoms with Gasteiger partial charge in [0, 0.05) is 5.92 Å². The molecule has 0 aliphatic rings. The van der Waals surface area contributed by atoms with Crippen molar-refractivity contribution in [2.24, 2.45) is 0 Å². The molecule has 0 radical (unpaired) electrons. The van der Waals surface area contributed by atoms with Crippen molar-refractivity contribution in [3.8, 4) is 5.75 Å². The van der Waals surface area contributed by atoms with E-state index in [1.807, 2.05) is 0 Å². The zero-order chi connectivity index (χ0) is 19.7. The summed E-state index contributed by atoms with van der Waals surface area (Å²) in [6, 6.07) is 7.39. The van der Waals surface area contributed by atoms with Gasteiger partial charge in [-0.1, -0.05) is 12.1 Å². The van der Waals surface area contributed by atoms with Crippen LogP contribution in [-0.2, 0) is 9.53 Å². The van der Waals surface area contributed by atoms with Crippen LogP contribution in [0.15, 0.2) is 45.6 Å². The number of aromatic hydroxyl groups is 1. The third-order valence-corrected chi connectivity index (χ3v) is 4.18. The predicted octanol–water partition coefficient (Wildman–Crippen LogP) is 3.61. The molecule has 1 N–H and O–H groups in total. The van der Waals surface area contributed by atoms with Crippen LogP contribution in [0.5, 0.6) is 5.75 Å². The Morgan fingerprint density at radius 1 is 1.19 bits per heavy atom. The van der Waals surface area contributed by atoms with E-state index in [1.165, 1.54) is 12.1 Å². The van der Waals surface area contributed by atoms with E-state index in [9.17, 15) is 27.9 Å². The van der Waals surface area contributed by atoms with Crippen LogP contribution < -0.4 is 5.63 Å². The summed E-state index contributed by atoms with van der Waals surface area (Å²) in [5, 5.41) is 10.7. The van der Waals surface area contributed by atoms with Crippen molar-refractivity contribution in [2.75, 3.05) is 7.11 Å². The second-order valence-electron chi connectivity index (χ2n) is 5.78. The second-order valence-corrected chi connectivity index (χ2v) is 5.78. The number of fused-ring (bicyclic) bond motifs is 1. The van der Waals surface area contributed by atoms with Gasteiger partial charge in [-0.15, -0.1) is 0 Å². The number of methoxy groups -OCH3 is 1. The second kappa shape index (κ2) is 7.14. The van der Waals surface area contributed by atoms with Crippen molar-refractivity contribution in [2.45, 2.75) is 12.3 Å². The lowest BCUT2D eigenvalue weighted by Gasteiger charge is -2.18. The summed E-state index contributed by atoms with van der Waals surface area (Å²) in [7, 11) is 1.09. The van der Waals surface area contributed by atoms with Crippen LogP contribution in [0.25, 0.3) is 11.0 Å². The Morgan fingerprint density at radius 2 is 1.81 bits per heavy atom. The van der Waals surface area contributed by atoms with Crippen molar-refractivity contribution in [3.63, 3.8) is 0 Å². The van der Waals surface area contributed by atoms with E-state index in [0.717, 1.165) is 7.11 Å². The van der Waals surface area contributed by atoms with Crippen molar-refractivity contribution in [3.05, 3.63) is 75.4 Å². The average Bonchev–Trinajstić information content (AvgIpc) is 2.64. The van der Waals surface area contributed by atoms with Crippen LogP contribution in [0.2, 0.25) is 0 Å². The highest BCUT2D eigenvalue weighted by atomic mass is 19.2. The first kappa shape index (κ1) is 18.5. The Labute approximate surface area is 150 Å². The molecule has 0 aliphatic carbocycles. The van der Waals surface area contributed by atoms with Gasteiger partial charge in [-0.25, -0.2) is 18.0 Å². The highest BCUT2D eigenvalue weighted by Gasteiger charge is 2.29. The van der Waals surface area contributed by atoms with E-state index < -0.39 is 47.1 Å². The van der Waals surface area contributed by atoms with Gasteiger partial charge >= 0.3 is 11.6 Å². The quantitative estimate of drug-likeness (QED) is 0.426. The molecule has 0 unspecified atom stereocenters. The fourth-order valence-corrected chi connectivity index (χ4v) is 2.87. The van der Waals surface area contributed by atoms with Crippen LogP contribution in [-0.4, -0.2) is 18.2 Å². The van der Waals surface area contributed by atoms with Gasteiger partial charge < -0.3 is 14.3 Å². The number of para-hydroxylation sites is 1. The molecule has 0 saturated carbocycles. The molecule has 1 aromatic heterocycles. The summed E-state index contributed by atoms with van der Waals surface area (Å²) >= 11 is 0. The summed E-state index contributed by atoms with van der Waals surface area (Å²) in [4.78, 5) is 24.2. The number of benzene rings is 2. The first-order valence-corrected chi connectivity index (χ1v) is 7.79. The molecule has 2 aromatic carbocycles. The lowest BCUT2D eigenvalue weighted by Crippen LogP contribution is -2.18. The number of halogens is 3. The maximum Gasteiger partial charge on any atom is 0.343 e. The van der Waals surface area contributed by atoms with Crippen LogP contribution in [0.1, 0.15) is 23.5 Å². The maximum absolute atomic E-state index is 13.7. The number of rotatable bonds is 4. The number of carbonyl (C=O) groups is 1. The van der Waals surface area contributed by atoms with Gasteiger partial charge in [-0.3, -0.25) is 4.79 Å². The van der Waals surface area contributed by atoms with Crippen molar-refractivity contribution < 1.29 is 32.2 Å². The molecule has 1 atom stereocenters. The molecule has 0 spiro atoms. The standard InChI is InChI=1S/C19H13F3O5/c1-26-15(23)8-11(9-6-12(20)17(22)13(21)7-9)16-18(24)10-4-2-3-5-14(10)27-19(16)25/h2-7,11,24H,8H2,1H3/t11-/m1/s1. The fraction of sp³-hybridized carbons (Fsp3) is 0.158. The minimum Gasteiger partial charge on any atom is -0.507 e. The summed E-state index contributed by atoms with van der Waals surface area (Å²) < 4.78 is 50.4. The molecule has 3 aromatic rings. The van der Waals surface area contributed by atoms with E-state index in [4.69, 9.17) is 4.42 Å². The van der Waals surface area contributed by atoms with Gasteiger partial charge in [-0.2, -0.15) is 0 Å². The van der Waals surface area contributed by atoms with E-state index in [-0.39, 0.29) is 22.1 Å². The Hall–Kier alpha value is -3.29.